The van der Waals surface area contributed by atoms with Crippen molar-refractivity contribution in [3.63, 3.8) is 0 Å². The first-order chi connectivity index (χ1) is 23.6. The van der Waals surface area contributed by atoms with Gasteiger partial charge in [0.1, 0.15) is 11.6 Å². The topological polar surface area (TPSA) is 55.9 Å². The molecule has 6 nitrogen and oxygen atoms in total. The lowest BCUT2D eigenvalue weighted by molar-refractivity contribution is -0.131. The minimum absolute atomic E-state index is 0.0430. The van der Waals surface area contributed by atoms with Crippen LogP contribution in [0.3, 0.4) is 0 Å². The maximum Gasteiger partial charge on any atom is 0.242 e. The quantitative estimate of drug-likeness (QED) is 0.223. The Morgan fingerprint density at radius 2 is 1.43 bits per heavy atom. The molecule has 0 spiro atoms. The van der Waals surface area contributed by atoms with Gasteiger partial charge in [-0.2, -0.15) is 0 Å². The zero-order valence-electron chi connectivity index (χ0n) is 27.6. The van der Waals surface area contributed by atoms with Crippen LogP contribution in [-0.2, 0) is 9.59 Å². The number of allylic oxidation sites excluding steroid dienone is 1. The molecule has 2 aliphatic heterocycles. The molecular formula is C40H39ClF2N4O2. The summed E-state index contributed by atoms with van der Waals surface area (Å²) in [5.41, 5.74) is 5.55. The molecule has 0 saturated carbocycles. The third-order valence-corrected chi connectivity index (χ3v) is 10.3. The molecule has 1 aliphatic carbocycles. The largest absolute Gasteiger partial charge is 0.357 e. The van der Waals surface area contributed by atoms with Gasteiger partial charge in [0.05, 0.1) is 30.0 Å². The fourth-order valence-electron chi connectivity index (χ4n) is 7.63. The summed E-state index contributed by atoms with van der Waals surface area (Å²) in [4.78, 5) is 34.5. The molecule has 0 aromatic heterocycles. The molecule has 7 rings (SSSR count). The van der Waals surface area contributed by atoms with Gasteiger partial charge in [0.25, 0.3) is 0 Å². The number of rotatable bonds is 6. The second-order valence-corrected chi connectivity index (χ2v) is 14.4. The minimum atomic E-state index is -0.560. The number of amides is 1. The maximum absolute atomic E-state index is 14.3. The Kier molecular flexibility index (Phi) is 9.03. The van der Waals surface area contributed by atoms with E-state index in [2.05, 4.69) is 24.1 Å². The van der Waals surface area contributed by atoms with Gasteiger partial charge in [0.2, 0.25) is 5.91 Å². The average Bonchev–Trinajstić information content (AvgIpc) is 3.21. The molecule has 1 saturated heterocycles. The van der Waals surface area contributed by atoms with Crippen LogP contribution in [0.4, 0.5) is 20.2 Å². The Bertz CT molecular complexity index is 1860. The number of carbonyl (C=O) groups excluding carboxylic acids is 2. The Balaban J connectivity index is 1.19. The van der Waals surface area contributed by atoms with Gasteiger partial charge in [0, 0.05) is 48.9 Å². The molecule has 1 atom stereocenters. The standard InChI is InChI=1S/C40H39ClF2N4O2/c1-40(2)23-33-37(35(48)24-40)39(30-7-3-4-8-31(30)41)47(34-10-6-5-9-32(34)44-33)25-36(49)45-19-21-46(22-20-45)38(26-11-15-28(42)16-12-26)27-13-17-29(43)18-14-27/h3-18,38-39,44H,19-25H2,1-2H3. The van der Waals surface area contributed by atoms with Gasteiger partial charge >= 0.3 is 0 Å². The number of nitrogens with zero attached hydrogens (tertiary/aromatic N) is 3. The van der Waals surface area contributed by atoms with Crippen molar-refractivity contribution < 1.29 is 18.4 Å². The second-order valence-electron chi connectivity index (χ2n) is 13.9. The van der Waals surface area contributed by atoms with Crippen LogP contribution in [0, 0.1) is 17.0 Å². The summed E-state index contributed by atoms with van der Waals surface area (Å²) in [6, 6.07) is 27.5. The van der Waals surface area contributed by atoms with E-state index in [1.807, 2.05) is 58.3 Å². The van der Waals surface area contributed by atoms with Crippen molar-refractivity contribution in [1.29, 1.82) is 0 Å². The average molecular weight is 681 g/mol. The van der Waals surface area contributed by atoms with E-state index >= 15 is 0 Å². The van der Waals surface area contributed by atoms with Crippen molar-refractivity contribution in [2.75, 3.05) is 42.9 Å². The number of nitrogens with one attached hydrogen (secondary N) is 1. The molecule has 0 bridgehead atoms. The number of hydrogen-bond donors (Lipinski definition) is 1. The van der Waals surface area contributed by atoms with Crippen LogP contribution in [-0.4, -0.2) is 54.2 Å². The van der Waals surface area contributed by atoms with Gasteiger partial charge in [-0.3, -0.25) is 14.5 Å². The first-order valence-corrected chi connectivity index (χ1v) is 17.1. The highest BCUT2D eigenvalue weighted by molar-refractivity contribution is 6.31. The summed E-state index contributed by atoms with van der Waals surface area (Å²) >= 11 is 6.86. The highest BCUT2D eigenvalue weighted by Crippen LogP contribution is 2.49. The van der Waals surface area contributed by atoms with Crippen LogP contribution in [0.5, 0.6) is 0 Å². The van der Waals surface area contributed by atoms with Gasteiger partial charge in [-0.05, 0) is 71.0 Å². The van der Waals surface area contributed by atoms with Gasteiger partial charge in [-0.15, -0.1) is 0 Å². The number of carbonyl (C=O) groups is 2. The maximum atomic E-state index is 14.3. The number of para-hydroxylation sites is 2. The molecular weight excluding hydrogens is 642 g/mol. The number of halogens is 3. The lowest BCUT2D eigenvalue weighted by Crippen LogP contribution is -2.52. The monoisotopic (exact) mass is 680 g/mol. The number of Topliss-reactive ketones (excluding diaryl/α,β-unsaturated/α-hetero) is 1. The van der Waals surface area contributed by atoms with E-state index in [4.69, 9.17) is 11.6 Å². The second kappa shape index (κ2) is 13.4. The smallest absolute Gasteiger partial charge is 0.242 e. The van der Waals surface area contributed by atoms with Gasteiger partial charge in [-0.25, -0.2) is 8.78 Å². The van der Waals surface area contributed by atoms with Gasteiger partial charge in [-0.1, -0.05) is 80.0 Å². The third kappa shape index (κ3) is 6.72. The molecule has 1 amide bonds. The fraction of sp³-hybridized carbons (Fsp3) is 0.300. The summed E-state index contributed by atoms with van der Waals surface area (Å²) in [5.74, 6) is -0.646. The van der Waals surface area contributed by atoms with E-state index < -0.39 is 6.04 Å². The summed E-state index contributed by atoms with van der Waals surface area (Å²) in [7, 11) is 0. The van der Waals surface area contributed by atoms with E-state index in [-0.39, 0.29) is 41.3 Å². The van der Waals surface area contributed by atoms with Crippen LogP contribution in [0.15, 0.2) is 108 Å². The van der Waals surface area contributed by atoms with Crippen LogP contribution in [0.25, 0.3) is 0 Å². The predicted molar refractivity (Wildman–Crippen MR) is 189 cm³/mol. The zero-order chi connectivity index (χ0) is 34.3. The molecule has 9 heteroatoms. The van der Waals surface area contributed by atoms with Gasteiger partial charge < -0.3 is 15.1 Å². The molecule has 49 heavy (non-hydrogen) atoms. The molecule has 252 valence electrons. The third-order valence-electron chi connectivity index (χ3n) is 9.91. The van der Waals surface area contributed by atoms with Crippen LogP contribution >= 0.6 is 11.6 Å². The SMILES string of the molecule is CC1(C)CC(=O)C2=C(C1)Nc1ccccc1N(CC(=O)N1CCN(C(c3ccc(F)cc3)c3ccc(F)cc3)CC1)C2c1ccccc1Cl. The minimum Gasteiger partial charge on any atom is -0.357 e. The lowest BCUT2D eigenvalue weighted by atomic mass is 9.73. The van der Waals surface area contributed by atoms with Crippen LogP contribution in [0.1, 0.15) is 55.5 Å². The Hall–Kier alpha value is -4.53. The van der Waals surface area contributed by atoms with E-state index in [0.29, 0.717) is 49.6 Å². The van der Waals surface area contributed by atoms with Gasteiger partial charge in [0.15, 0.2) is 5.78 Å². The van der Waals surface area contributed by atoms with Crippen molar-refractivity contribution in [2.24, 2.45) is 5.41 Å². The molecule has 2 heterocycles. The van der Waals surface area contributed by atoms with E-state index in [1.54, 1.807) is 24.3 Å². The summed E-state index contributed by atoms with van der Waals surface area (Å²) in [6.07, 6.45) is 1.09. The summed E-state index contributed by atoms with van der Waals surface area (Å²) in [5, 5.41) is 4.14. The number of benzene rings is 4. The van der Waals surface area contributed by atoms with Crippen molar-refractivity contribution in [3.8, 4) is 0 Å². The van der Waals surface area contributed by atoms with E-state index in [0.717, 1.165) is 33.8 Å². The Labute approximate surface area is 291 Å². The summed E-state index contributed by atoms with van der Waals surface area (Å²) in [6.45, 7) is 6.35. The van der Waals surface area contributed by atoms with Crippen molar-refractivity contribution in [1.82, 2.24) is 9.80 Å². The molecule has 1 unspecified atom stereocenters. The normalized spacial score (nSPS) is 19.3. The predicted octanol–water partition coefficient (Wildman–Crippen LogP) is 8.17. The molecule has 4 aromatic carbocycles. The molecule has 3 aliphatic rings. The molecule has 4 aromatic rings. The highest BCUT2D eigenvalue weighted by atomic mass is 35.5. The number of fused-ring (bicyclic) bond motifs is 1. The number of piperazine rings is 1. The Morgan fingerprint density at radius 3 is 2.06 bits per heavy atom. The lowest BCUT2D eigenvalue weighted by Gasteiger charge is -2.41. The van der Waals surface area contributed by atoms with Crippen molar-refractivity contribution >= 4 is 34.7 Å². The van der Waals surface area contributed by atoms with E-state index in [1.165, 1.54) is 24.3 Å². The zero-order valence-corrected chi connectivity index (χ0v) is 28.4. The highest BCUT2D eigenvalue weighted by Gasteiger charge is 2.43. The van der Waals surface area contributed by atoms with Crippen LogP contribution < -0.4 is 10.2 Å². The number of hydrogen-bond acceptors (Lipinski definition) is 5. The fourth-order valence-corrected chi connectivity index (χ4v) is 7.87. The number of anilines is 2. The Morgan fingerprint density at radius 1 is 0.837 bits per heavy atom. The van der Waals surface area contributed by atoms with Crippen molar-refractivity contribution in [3.05, 3.63) is 142 Å². The first kappa shape index (κ1) is 33.0. The van der Waals surface area contributed by atoms with Crippen LogP contribution in [0.2, 0.25) is 5.02 Å². The first-order valence-electron chi connectivity index (χ1n) is 16.7. The van der Waals surface area contributed by atoms with Crippen molar-refractivity contribution in [2.45, 2.75) is 38.8 Å². The molecule has 0 radical (unpaired) electrons. The van der Waals surface area contributed by atoms with E-state index in [9.17, 15) is 18.4 Å². The molecule has 1 N–H and O–H groups in total. The molecule has 1 fully saturated rings. The summed E-state index contributed by atoms with van der Waals surface area (Å²) < 4.78 is 27.7. The number of ketones is 1.